The van der Waals surface area contributed by atoms with Crippen LogP contribution in [0.2, 0.25) is 0 Å². The molecule has 0 aliphatic heterocycles. The van der Waals surface area contributed by atoms with Crippen LogP contribution >= 0.6 is 11.3 Å². The molecule has 3 aromatic heterocycles. The number of aliphatic hydroxyl groups excluding tert-OH is 1. The number of rotatable bonds is 7. The van der Waals surface area contributed by atoms with Gasteiger partial charge in [0, 0.05) is 18.2 Å². The minimum absolute atomic E-state index is 0.198. The third-order valence-electron chi connectivity index (χ3n) is 4.54. The number of nitrogens with zero attached hydrogens (tertiary/aromatic N) is 5. The number of carbonyl (C=O) groups excluding carboxylic acids is 1. The van der Waals surface area contributed by atoms with E-state index in [1.807, 2.05) is 37.3 Å². The van der Waals surface area contributed by atoms with Crippen molar-refractivity contribution >= 4 is 27.3 Å². The van der Waals surface area contributed by atoms with Gasteiger partial charge in [0.1, 0.15) is 16.5 Å². The highest BCUT2D eigenvalue weighted by Gasteiger charge is 2.16. The molecule has 4 aromatic rings. The number of hydrogen-bond donors (Lipinski definition) is 1. The molecule has 1 unspecified atom stereocenters. The van der Waals surface area contributed by atoms with E-state index in [2.05, 4.69) is 15.3 Å². The summed E-state index contributed by atoms with van der Waals surface area (Å²) in [6.45, 7) is 3.65. The average molecular weight is 407 g/mol. The Morgan fingerprint density at radius 3 is 2.86 bits per heavy atom. The van der Waals surface area contributed by atoms with Crippen LogP contribution in [0.25, 0.3) is 27.2 Å². The fourth-order valence-electron chi connectivity index (χ4n) is 3.11. The summed E-state index contributed by atoms with van der Waals surface area (Å²) in [5.41, 5.74) is 3.81. The molecule has 0 spiro atoms. The van der Waals surface area contributed by atoms with Crippen LogP contribution in [0.3, 0.4) is 0 Å². The van der Waals surface area contributed by atoms with Crippen LogP contribution in [0.4, 0.5) is 0 Å². The molecule has 0 bridgehead atoms. The summed E-state index contributed by atoms with van der Waals surface area (Å²) >= 11 is 1.53. The molecule has 0 saturated carbocycles. The zero-order valence-electron chi connectivity index (χ0n) is 16.2. The van der Waals surface area contributed by atoms with Gasteiger partial charge in [0.05, 0.1) is 40.3 Å². The Morgan fingerprint density at radius 1 is 1.31 bits per heavy atom. The molecule has 148 valence electrons. The lowest BCUT2D eigenvalue weighted by Gasteiger charge is -2.06. The maximum Gasteiger partial charge on any atom is 0.139 e. The maximum atomic E-state index is 12.1. The highest BCUT2D eigenvalue weighted by molar-refractivity contribution is 7.19. The lowest BCUT2D eigenvalue weighted by Crippen LogP contribution is -2.00. The van der Waals surface area contributed by atoms with E-state index in [0.717, 1.165) is 38.6 Å². The van der Waals surface area contributed by atoms with Gasteiger partial charge in [-0.2, -0.15) is 0 Å². The molecule has 0 radical (unpaired) electrons. The Morgan fingerprint density at radius 2 is 2.17 bits per heavy atom. The van der Waals surface area contributed by atoms with Gasteiger partial charge in [0.2, 0.25) is 0 Å². The second-order valence-corrected chi connectivity index (χ2v) is 7.98. The molecule has 1 aromatic carbocycles. The molecule has 4 rings (SSSR count). The molecular formula is C21H21N5O2S. The topological polar surface area (TPSA) is 93.8 Å². The molecule has 0 aliphatic carbocycles. The van der Waals surface area contributed by atoms with Gasteiger partial charge in [0.15, 0.2) is 0 Å². The molecule has 29 heavy (non-hydrogen) atoms. The van der Waals surface area contributed by atoms with Gasteiger partial charge in [-0.25, -0.2) is 9.67 Å². The van der Waals surface area contributed by atoms with Gasteiger partial charge in [0.25, 0.3) is 0 Å². The van der Waals surface area contributed by atoms with Crippen molar-refractivity contribution < 1.29 is 9.90 Å². The van der Waals surface area contributed by atoms with Crippen molar-refractivity contribution in [2.24, 2.45) is 0 Å². The summed E-state index contributed by atoms with van der Waals surface area (Å²) in [6, 6.07) is 9.67. The van der Waals surface area contributed by atoms with Crippen LogP contribution in [0.15, 0.2) is 42.7 Å². The third-order valence-corrected chi connectivity index (χ3v) is 5.65. The first kappa shape index (κ1) is 19.4. The number of Topliss-reactive ketones (excluding diaryl/α,β-unsaturated/α-hetero) is 1. The summed E-state index contributed by atoms with van der Waals surface area (Å²) in [4.78, 5) is 21.3. The van der Waals surface area contributed by atoms with Crippen molar-refractivity contribution in [3.05, 3.63) is 53.4 Å². The van der Waals surface area contributed by atoms with E-state index in [1.54, 1.807) is 24.0 Å². The molecule has 0 saturated heterocycles. The molecule has 3 heterocycles. The standard InChI is InChI=1S/C21H21N5O2S/c1-3-6-15(28)11-20-23-18-10-14(26-12-19(13(2)27)24-25-26)9-16(21(18)29-20)17-7-4-5-8-22-17/h4-5,7-10,12-13,27H,3,6,11H2,1-2H3. The number of aliphatic hydroxyl groups is 1. The van der Waals surface area contributed by atoms with E-state index < -0.39 is 6.10 Å². The van der Waals surface area contributed by atoms with Crippen molar-refractivity contribution in [1.29, 1.82) is 0 Å². The summed E-state index contributed by atoms with van der Waals surface area (Å²) in [5, 5.41) is 18.7. The van der Waals surface area contributed by atoms with Gasteiger partial charge in [-0.3, -0.25) is 9.78 Å². The van der Waals surface area contributed by atoms with E-state index in [1.165, 1.54) is 11.3 Å². The van der Waals surface area contributed by atoms with E-state index >= 15 is 0 Å². The van der Waals surface area contributed by atoms with E-state index in [-0.39, 0.29) is 5.78 Å². The first-order valence-corrected chi connectivity index (χ1v) is 10.3. The molecule has 1 atom stereocenters. The number of aromatic nitrogens is 5. The van der Waals surface area contributed by atoms with Gasteiger partial charge in [-0.15, -0.1) is 16.4 Å². The van der Waals surface area contributed by atoms with Gasteiger partial charge in [-0.05, 0) is 37.6 Å². The van der Waals surface area contributed by atoms with Gasteiger partial charge in [-0.1, -0.05) is 18.2 Å². The number of hydrogen-bond acceptors (Lipinski definition) is 7. The minimum atomic E-state index is -0.696. The monoisotopic (exact) mass is 407 g/mol. The molecule has 0 fully saturated rings. The Labute approximate surface area is 172 Å². The van der Waals surface area contributed by atoms with Crippen molar-refractivity contribution in [3.63, 3.8) is 0 Å². The number of carbonyl (C=O) groups is 1. The number of benzene rings is 1. The Hall–Kier alpha value is -2.97. The minimum Gasteiger partial charge on any atom is -0.387 e. The molecular weight excluding hydrogens is 386 g/mol. The van der Waals surface area contributed by atoms with Crippen molar-refractivity contribution in [2.75, 3.05) is 0 Å². The second kappa shape index (κ2) is 8.18. The van der Waals surface area contributed by atoms with Crippen LogP contribution in [0.5, 0.6) is 0 Å². The van der Waals surface area contributed by atoms with Crippen LogP contribution in [0, 0.1) is 0 Å². The molecule has 1 N–H and O–H groups in total. The Bertz CT molecular complexity index is 1150. The first-order chi connectivity index (χ1) is 14.0. The fourth-order valence-corrected chi connectivity index (χ4v) is 4.21. The van der Waals surface area contributed by atoms with Crippen molar-refractivity contribution in [3.8, 4) is 16.9 Å². The maximum absolute atomic E-state index is 12.1. The number of thiazole rings is 1. The zero-order chi connectivity index (χ0) is 20.4. The summed E-state index contributed by atoms with van der Waals surface area (Å²) in [6.07, 6.45) is 4.51. The zero-order valence-corrected chi connectivity index (χ0v) is 17.1. The van der Waals surface area contributed by atoms with E-state index in [9.17, 15) is 9.90 Å². The number of pyridine rings is 1. The van der Waals surface area contributed by atoms with Crippen LogP contribution in [-0.4, -0.2) is 35.9 Å². The smallest absolute Gasteiger partial charge is 0.139 e. The number of ketones is 1. The lowest BCUT2D eigenvalue weighted by atomic mass is 10.1. The van der Waals surface area contributed by atoms with E-state index in [4.69, 9.17) is 4.98 Å². The molecule has 7 nitrogen and oxygen atoms in total. The Kier molecular flexibility index (Phi) is 5.46. The van der Waals surface area contributed by atoms with Gasteiger partial charge < -0.3 is 5.11 Å². The van der Waals surface area contributed by atoms with Crippen molar-refractivity contribution in [1.82, 2.24) is 25.0 Å². The summed E-state index contributed by atoms with van der Waals surface area (Å²) in [7, 11) is 0. The van der Waals surface area contributed by atoms with Gasteiger partial charge >= 0.3 is 0 Å². The highest BCUT2D eigenvalue weighted by atomic mass is 32.1. The van der Waals surface area contributed by atoms with Crippen molar-refractivity contribution in [2.45, 2.75) is 39.2 Å². The number of fused-ring (bicyclic) bond motifs is 1. The third kappa shape index (κ3) is 4.08. The highest BCUT2D eigenvalue weighted by Crippen LogP contribution is 2.34. The quantitative estimate of drug-likeness (QED) is 0.499. The van der Waals surface area contributed by atoms with Crippen LogP contribution in [0.1, 0.15) is 43.5 Å². The average Bonchev–Trinajstić information content (AvgIpc) is 3.35. The Balaban J connectivity index is 1.84. The lowest BCUT2D eigenvalue weighted by molar-refractivity contribution is -0.118. The fraction of sp³-hybridized carbons (Fsp3) is 0.286. The van der Waals surface area contributed by atoms with E-state index in [0.29, 0.717) is 18.5 Å². The molecule has 0 amide bonds. The summed E-state index contributed by atoms with van der Waals surface area (Å²) in [5.74, 6) is 0.198. The largest absolute Gasteiger partial charge is 0.387 e. The normalized spacial score (nSPS) is 12.4. The summed E-state index contributed by atoms with van der Waals surface area (Å²) < 4.78 is 2.61. The van der Waals surface area contributed by atoms with Crippen LogP contribution < -0.4 is 0 Å². The second-order valence-electron chi connectivity index (χ2n) is 6.89. The molecule has 0 aliphatic rings. The molecule has 8 heteroatoms. The predicted molar refractivity (Wildman–Crippen MR) is 112 cm³/mol. The predicted octanol–water partition coefficient (Wildman–Crippen LogP) is 3.90. The van der Waals surface area contributed by atoms with Crippen LogP contribution in [-0.2, 0) is 11.2 Å². The SMILES string of the molecule is CCCC(=O)Cc1nc2cc(-n3cc(C(C)O)nn3)cc(-c3ccccn3)c2s1. The first-order valence-electron chi connectivity index (χ1n) is 9.52.